The van der Waals surface area contributed by atoms with Gasteiger partial charge in [-0.15, -0.1) is 6.58 Å². The molecule has 1 aliphatic rings. The van der Waals surface area contributed by atoms with E-state index in [0.29, 0.717) is 6.54 Å². The number of aliphatic carboxylic acids is 1. The molecule has 5 nitrogen and oxygen atoms in total. The molecule has 0 bridgehead atoms. The van der Waals surface area contributed by atoms with Crippen molar-refractivity contribution >= 4 is 11.9 Å². The van der Waals surface area contributed by atoms with E-state index < -0.39 is 11.4 Å². The van der Waals surface area contributed by atoms with Gasteiger partial charge in [0, 0.05) is 13.1 Å². The van der Waals surface area contributed by atoms with Gasteiger partial charge in [-0.2, -0.15) is 0 Å². The zero-order chi connectivity index (χ0) is 12.9. The van der Waals surface area contributed by atoms with Crippen molar-refractivity contribution < 1.29 is 14.7 Å². The summed E-state index contributed by atoms with van der Waals surface area (Å²) in [6.45, 7) is 7.01. The van der Waals surface area contributed by atoms with Crippen LogP contribution in [-0.2, 0) is 9.59 Å². The summed E-state index contributed by atoms with van der Waals surface area (Å²) in [5.74, 6) is -1.07. The molecule has 1 rings (SSSR count). The first-order chi connectivity index (χ1) is 8.05. The first-order valence-electron chi connectivity index (χ1n) is 5.88. The number of carbonyl (C=O) groups is 2. The minimum Gasteiger partial charge on any atom is -0.480 e. The maximum Gasteiger partial charge on any atom is 0.323 e. The van der Waals surface area contributed by atoms with E-state index in [1.807, 2.05) is 6.92 Å². The second-order valence-corrected chi connectivity index (χ2v) is 4.43. The van der Waals surface area contributed by atoms with Crippen LogP contribution < -0.4 is 5.32 Å². The summed E-state index contributed by atoms with van der Waals surface area (Å²) in [6.07, 6.45) is 3.06. The lowest BCUT2D eigenvalue weighted by Crippen LogP contribution is -2.47. The smallest absolute Gasteiger partial charge is 0.323 e. The summed E-state index contributed by atoms with van der Waals surface area (Å²) in [7, 11) is 0. The van der Waals surface area contributed by atoms with E-state index in [0.717, 1.165) is 19.4 Å². The summed E-state index contributed by atoms with van der Waals surface area (Å²) in [4.78, 5) is 24.5. The largest absolute Gasteiger partial charge is 0.480 e. The zero-order valence-corrected chi connectivity index (χ0v) is 10.2. The third-order valence-electron chi connectivity index (χ3n) is 3.34. The van der Waals surface area contributed by atoms with Crippen LogP contribution in [0.25, 0.3) is 0 Å². The minimum atomic E-state index is -0.989. The van der Waals surface area contributed by atoms with Gasteiger partial charge in [0.1, 0.15) is 6.54 Å². The van der Waals surface area contributed by atoms with E-state index in [9.17, 15) is 9.59 Å². The highest BCUT2D eigenvalue weighted by Crippen LogP contribution is 2.31. The number of hydrogen-bond acceptors (Lipinski definition) is 3. The molecule has 1 amide bonds. The second-order valence-electron chi connectivity index (χ2n) is 4.43. The molecule has 1 atom stereocenters. The molecule has 1 aliphatic heterocycles. The van der Waals surface area contributed by atoms with Crippen molar-refractivity contribution in [2.45, 2.75) is 19.8 Å². The molecule has 1 saturated heterocycles. The van der Waals surface area contributed by atoms with E-state index in [4.69, 9.17) is 5.11 Å². The molecule has 0 saturated carbocycles. The van der Waals surface area contributed by atoms with Crippen molar-refractivity contribution in [3.63, 3.8) is 0 Å². The molecule has 0 aromatic carbocycles. The van der Waals surface area contributed by atoms with Gasteiger partial charge in [-0.1, -0.05) is 13.0 Å². The number of carboxylic acid groups (broad SMARTS) is 1. The maximum absolute atomic E-state index is 12.4. The number of carboxylic acids is 1. The SMILES string of the molecule is C=CCN(CC(=O)O)C(=O)C1(CC)CCNC1. The van der Waals surface area contributed by atoms with Crippen molar-refractivity contribution in [3.8, 4) is 0 Å². The molecule has 1 fully saturated rings. The average Bonchev–Trinajstić information content (AvgIpc) is 2.76. The molecule has 0 spiro atoms. The van der Waals surface area contributed by atoms with Gasteiger partial charge < -0.3 is 15.3 Å². The fraction of sp³-hybridized carbons (Fsp3) is 0.667. The Hall–Kier alpha value is -1.36. The lowest BCUT2D eigenvalue weighted by Gasteiger charge is -2.31. The Morgan fingerprint density at radius 2 is 2.29 bits per heavy atom. The molecule has 5 heteroatoms. The van der Waals surface area contributed by atoms with Gasteiger partial charge in [0.25, 0.3) is 0 Å². The van der Waals surface area contributed by atoms with E-state index in [2.05, 4.69) is 11.9 Å². The molecular formula is C12H20N2O3. The van der Waals surface area contributed by atoms with Crippen molar-refractivity contribution in [1.29, 1.82) is 0 Å². The topological polar surface area (TPSA) is 69.6 Å². The quantitative estimate of drug-likeness (QED) is 0.662. The standard InChI is InChI=1S/C12H20N2O3/c1-3-7-14(8-10(15)16)11(17)12(4-2)5-6-13-9-12/h3,13H,1,4-9H2,2H3,(H,15,16). The third kappa shape index (κ3) is 3.06. The van der Waals surface area contributed by atoms with Crippen LogP contribution in [-0.4, -0.2) is 48.1 Å². The molecule has 0 aliphatic carbocycles. The highest BCUT2D eigenvalue weighted by atomic mass is 16.4. The number of hydrogen-bond donors (Lipinski definition) is 2. The van der Waals surface area contributed by atoms with Crippen molar-refractivity contribution in [3.05, 3.63) is 12.7 Å². The van der Waals surface area contributed by atoms with Crippen LogP contribution in [0.4, 0.5) is 0 Å². The summed E-state index contributed by atoms with van der Waals surface area (Å²) >= 11 is 0. The second kappa shape index (κ2) is 5.82. The molecule has 0 aromatic heterocycles. The van der Waals surface area contributed by atoms with Crippen molar-refractivity contribution in [1.82, 2.24) is 10.2 Å². The molecular weight excluding hydrogens is 220 g/mol. The molecule has 1 unspecified atom stereocenters. The van der Waals surface area contributed by atoms with Gasteiger partial charge in [-0.05, 0) is 19.4 Å². The lowest BCUT2D eigenvalue weighted by molar-refractivity contribution is -0.149. The predicted octanol–water partition coefficient (Wildman–Crippen LogP) is 0.475. The molecule has 96 valence electrons. The fourth-order valence-electron chi connectivity index (χ4n) is 2.25. The lowest BCUT2D eigenvalue weighted by atomic mass is 9.82. The van der Waals surface area contributed by atoms with E-state index in [1.165, 1.54) is 4.90 Å². The minimum absolute atomic E-state index is 0.0766. The van der Waals surface area contributed by atoms with Gasteiger partial charge in [0.2, 0.25) is 5.91 Å². The number of nitrogens with one attached hydrogen (secondary N) is 1. The summed E-state index contributed by atoms with van der Waals surface area (Å²) < 4.78 is 0. The van der Waals surface area contributed by atoms with Crippen LogP contribution in [0.5, 0.6) is 0 Å². The Morgan fingerprint density at radius 1 is 1.59 bits per heavy atom. The predicted molar refractivity (Wildman–Crippen MR) is 64.6 cm³/mol. The monoisotopic (exact) mass is 240 g/mol. The Morgan fingerprint density at radius 3 is 2.71 bits per heavy atom. The van der Waals surface area contributed by atoms with Crippen LogP contribution in [0.15, 0.2) is 12.7 Å². The number of nitrogens with zero attached hydrogens (tertiary/aromatic N) is 1. The van der Waals surface area contributed by atoms with Crippen molar-refractivity contribution in [2.75, 3.05) is 26.2 Å². The Labute approximate surface area is 101 Å². The summed E-state index contributed by atoms with van der Waals surface area (Å²) in [5, 5.41) is 12.0. The molecule has 2 N–H and O–H groups in total. The van der Waals surface area contributed by atoms with Gasteiger partial charge in [-0.25, -0.2) is 0 Å². The molecule has 0 aromatic rings. The van der Waals surface area contributed by atoms with E-state index in [-0.39, 0.29) is 19.0 Å². The molecule has 17 heavy (non-hydrogen) atoms. The van der Waals surface area contributed by atoms with Gasteiger partial charge >= 0.3 is 5.97 Å². The Kier molecular flexibility index (Phi) is 4.69. The highest BCUT2D eigenvalue weighted by molar-refractivity contribution is 5.86. The van der Waals surface area contributed by atoms with Gasteiger partial charge in [0.05, 0.1) is 5.41 Å². The van der Waals surface area contributed by atoms with Crippen LogP contribution in [0.3, 0.4) is 0 Å². The van der Waals surface area contributed by atoms with E-state index in [1.54, 1.807) is 6.08 Å². The van der Waals surface area contributed by atoms with E-state index >= 15 is 0 Å². The summed E-state index contributed by atoms with van der Waals surface area (Å²) in [6, 6.07) is 0. The molecule has 0 radical (unpaired) electrons. The Balaban J connectivity index is 2.81. The fourth-order valence-corrected chi connectivity index (χ4v) is 2.25. The van der Waals surface area contributed by atoms with Crippen molar-refractivity contribution in [2.24, 2.45) is 5.41 Å². The number of amides is 1. The summed E-state index contributed by atoms with van der Waals surface area (Å²) in [5.41, 5.74) is -0.432. The van der Waals surface area contributed by atoms with Gasteiger partial charge in [0.15, 0.2) is 0 Å². The van der Waals surface area contributed by atoms with Crippen LogP contribution >= 0.6 is 0 Å². The van der Waals surface area contributed by atoms with Crippen LogP contribution in [0, 0.1) is 5.41 Å². The number of rotatable bonds is 6. The first kappa shape index (κ1) is 13.7. The zero-order valence-electron chi connectivity index (χ0n) is 10.2. The van der Waals surface area contributed by atoms with Crippen LogP contribution in [0.2, 0.25) is 0 Å². The maximum atomic E-state index is 12.4. The Bertz CT molecular complexity index is 309. The normalized spacial score (nSPS) is 23.4. The number of carbonyl (C=O) groups excluding carboxylic acids is 1. The third-order valence-corrected chi connectivity index (χ3v) is 3.34. The highest BCUT2D eigenvalue weighted by Gasteiger charge is 2.42. The molecule has 1 heterocycles. The first-order valence-corrected chi connectivity index (χ1v) is 5.88. The van der Waals surface area contributed by atoms with Crippen LogP contribution in [0.1, 0.15) is 19.8 Å². The average molecular weight is 240 g/mol. The van der Waals surface area contributed by atoms with Gasteiger partial charge in [-0.3, -0.25) is 9.59 Å².